The number of nitrogens with zero attached hydrogens (tertiary/aromatic N) is 1. The van der Waals surface area contributed by atoms with E-state index in [0.29, 0.717) is 19.0 Å². The average Bonchev–Trinajstić information content (AvgIpc) is 2.33. The lowest BCUT2D eigenvalue weighted by molar-refractivity contribution is 0.261. The third kappa shape index (κ3) is 6.33. The number of nitrogens with one attached hydrogen (secondary N) is 1. The third-order valence-corrected chi connectivity index (χ3v) is 6.32. The normalized spacial score (nSPS) is 25.1. The number of rotatable bonds is 7. The summed E-state index contributed by atoms with van der Waals surface area (Å²) in [4.78, 5) is 0. The van der Waals surface area contributed by atoms with Gasteiger partial charge in [-0.1, -0.05) is 6.92 Å². The Bertz CT molecular complexity index is 398. The molecule has 1 rings (SSSR count). The summed E-state index contributed by atoms with van der Waals surface area (Å²) in [5.74, 6) is 0.394. The molecule has 1 aliphatic rings. The predicted octanol–water partition coefficient (Wildman–Crippen LogP) is 0.405. The quantitative estimate of drug-likeness (QED) is 0.692. The molecule has 5 nitrogen and oxygen atoms in total. The van der Waals surface area contributed by atoms with Gasteiger partial charge in [-0.2, -0.15) is 0 Å². The van der Waals surface area contributed by atoms with E-state index in [1.807, 2.05) is 6.92 Å². The smallest absolute Gasteiger partial charge is 0.211 e. The first kappa shape index (κ1) is 17.1. The van der Waals surface area contributed by atoms with Crippen LogP contribution in [0.1, 0.15) is 26.2 Å². The van der Waals surface area contributed by atoms with Crippen molar-refractivity contribution in [2.75, 3.05) is 38.7 Å². The first-order valence-corrected chi connectivity index (χ1v) is 10.3. The van der Waals surface area contributed by atoms with E-state index in [1.54, 1.807) is 10.6 Å². The number of piperidine rings is 1. The lowest BCUT2D eigenvalue weighted by atomic mass is 10.00. The molecule has 1 N–H and O–H groups in total. The first-order chi connectivity index (χ1) is 8.80. The lowest BCUT2D eigenvalue weighted by Crippen LogP contribution is -2.42. The predicted molar refractivity (Wildman–Crippen MR) is 80.2 cm³/mol. The minimum atomic E-state index is -3.05. The second-order valence-corrected chi connectivity index (χ2v) is 9.22. The Morgan fingerprint density at radius 2 is 2.16 bits per heavy atom. The van der Waals surface area contributed by atoms with Gasteiger partial charge in [0.25, 0.3) is 0 Å². The van der Waals surface area contributed by atoms with Crippen molar-refractivity contribution >= 4 is 20.8 Å². The second-order valence-electron chi connectivity index (χ2n) is 5.43. The maximum absolute atomic E-state index is 11.5. The Kier molecular flexibility index (Phi) is 6.93. The molecule has 0 amide bonds. The first-order valence-electron chi connectivity index (χ1n) is 6.78. The number of hydrogen-bond acceptors (Lipinski definition) is 4. The van der Waals surface area contributed by atoms with Crippen LogP contribution < -0.4 is 5.32 Å². The number of hydrogen-bond donors (Lipinski definition) is 1. The third-order valence-electron chi connectivity index (χ3n) is 3.68. The molecule has 0 aromatic heterocycles. The van der Waals surface area contributed by atoms with E-state index in [4.69, 9.17) is 0 Å². The van der Waals surface area contributed by atoms with Gasteiger partial charge in [0.2, 0.25) is 10.0 Å². The zero-order chi connectivity index (χ0) is 14.5. The molecule has 0 saturated carbocycles. The summed E-state index contributed by atoms with van der Waals surface area (Å²) in [7, 11) is -3.81. The molecule has 1 heterocycles. The molecule has 19 heavy (non-hydrogen) atoms. The van der Waals surface area contributed by atoms with E-state index in [9.17, 15) is 12.6 Å². The molecule has 1 saturated heterocycles. The van der Waals surface area contributed by atoms with Gasteiger partial charge in [-0.15, -0.1) is 0 Å². The molecular weight excluding hydrogens is 284 g/mol. The Balaban J connectivity index is 2.25. The van der Waals surface area contributed by atoms with Crippen LogP contribution in [0.15, 0.2) is 0 Å². The Hall–Kier alpha value is 0.0200. The van der Waals surface area contributed by atoms with Gasteiger partial charge in [-0.05, 0) is 38.3 Å². The van der Waals surface area contributed by atoms with E-state index in [1.165, 1.54) is 6.26 Å². The highest BCUT2D eigenvalue weighted by molar-refractivity contribution is 7.88. The SMILES string of the molecule is CC(CCNCC1CCCN(S(C)(=O)=O)C1)S(C)=O. The van der Waals surface area contributed by atoms with Gasteiger partial charge in [0.15, 0.2) is 0 Å². The van der Waals surface area contributed by atoms with Crippen molar-refractivity contribution in [1.29, 1.82) is 0 Å². The van der Waals surface area contributed by atoms with Crippen LogP contribution in [0.4, 0.5) is 0 Å². The average molecular weight is 310 g/mol. The van der Waals surface area contributed by atoms with Gasteiger partial charge < -0.3 is 5.32 Å². The molecule has 114 valence electrons. The van der Waals surface area contributed by atoms with Crippen LogP contribution in [0.25, 0.3) is 0 Å². The Morgan fingerprint density at radius 3 is 2.74 bits per heavy atom. The Morgan fingerprint density at radius 1 is 1.47 bits per heavy atom. The van der Waals surface area contributed by atoms with Gasteiger partial charge in [0.05, 0.1) is 6.26 Å². The zero-order valence-corrected chi connectivity index (χ0v) is 13.7. The van der Waals surface area contributed by atoms with Crippen molar-refractivity contribution in [3.8, 4) is 0 Å². The molecule has 7 heteroatoms. The van der Waals surface area contributed by atoms with Crippen molar-refractivity contribution in [2.45, 2.75) is 31.4 Å². The van der Waals surface area contributed by atoms with Crippen LogP contribution in [0, 0.1) is 5.92 Å². The fourth-order valence-electron chi connectivity index (χ4n) is 2.27. The molecule has 0 spiro atoms. The van der Waals surface area contributed by atoms with Crippen LogP contribution in [-0.4, -0.2) is 60.9 Å². The molecule has 0 radical (unpaired) electrons. The standard InChI is InChI=1S/C12H26N2O3S2/c1-11(18(2)15)6-7-13-9-12-5-4-8-14(10-12)19(3,16)17/h11-13H,4-10H2,1-3H3. The van der Waals surface area contributed by atoms with Crippen LogP contribution >= 0.6 is 0 Å². The fraction of sp³-hybridized carbons (Fsp3) is 1.00. The van der Waals surface area contributed by atoms with E-state index >= 15 is 0 Å². The minimum absolute atomic E-state index is 0.214. The van der Waals surface area contributed by atoms with Gasteiger partial charge in [-0.3, -0.25) is 4.21 Å². The summed E-state index contributed by atoms with van der Waals surface area (Å²) in [6.45, 7) is 4.96. The zero-order valence-electron chi connectivity index (χ0n) is 12.1. The summed E-state index contributed by atoms with van der Waals surface area (Å²) >= 11 is 0. The molecule has 3 atom stereocenters. The lowest BCUT2D eigenvalue weighted by Gasteiger charge is -2.31. The minimum Gasteiger partial charge on any atom is -0.316 e. The van der Waals surface area contributed by atoms with E-state index < -0.39 is 20.8 Å². The van der Waals surface area contributed by atoms with Crippen LogP contribution in [-0.2, 0) is 20.8 Å². The van der Waals surface area contributed by atoms with Crippen LogP contribution in [0.5, 0.6) is 0 Å². The van der Waals surface area contributed by atoms with Gasteiger partial charge in [0.1, 0.15) is 0 Å². The van der Waals surface area contributed by atoms with Crippen molar-refractivity contribution < 1.29 is 12.6 Å². The van der Waals surface area contributed by atoms with Gasteiger partial charge in [0, 0.05) is 35.4 Å². The summed E-state index contributed by atoms with van der Waals surface area (Å²) in [6.07, 6.45) is 5.92. The van der Waals surface area contributed by atoms with E-state index in [0.717, 1.165) is 32.4 Å². The van der Waals surface area contributed by atoms with Gasteiger partial charge >= 0.3 is 0 Å². The summed E-state index contributed by atoms with van der Waals surface area (Å²) in [6, 6.07) is 0. The molecule has 0 aromatic rings. The molecule has 3 unspecified atom stereocenters. The molecule has 0 aromatic carbocycles. The second kappa shape index (κ2) is 7.71. The molecular formula is C12H26N2O3S2. The van der Waals surface area contributed by atoms with Gasteiger partial charge in [-0.25, -0.2) is 12.7 Å². The topological polar surface area (TPSA) is 66.5 Å². The highest BCUT2D eigenvalue weighted by Crippen LogP contribution is 2.17. The monoisotopic (exact) mass is 310 g/mol. The van der Waals surface area contributed by atoms with Crippen LogP contribution in [0.2, 0.25) is 0 Å². The maximum Gasteiger partial charge on any atom is 0.211 e. The molecule has 0 aliphatic carbocycles. The fourth-order valence-corrected chi connectivity index (χ4v) is 3.66. The van der Waals surface area contributed by atoms with Crippen molar-refractivity contribution in [3.05, 3.63) is 0 Å². The highest BCUT2D eigenvalue weighted by atomic mass is 32.2. The number of sulfonamides is 1. The highest BCUT2D eigenvalue weighted by Gasteiger charge is 2.25. The summed E-state index contributed by atoms with van der Waals surface area (Å²) in [5.41, 5.74) is 0. The molecule has 0 bridgehead atoms. The largest absolute Gasteiger partial charge is 0.316 e. The van der Waals surface area contributed by atoms with E-state index in [-0.39, 0.29) is 5.25 Å². The summed E-state index contributed by atoms with van der Waals surface area (Å²) in [5, 5.41) is 3.57. The van der Waals surface area contributed by atoms with Crippen molar-refractivity contribution in [1.82, 2.24) is 9.62 Å². The molecule has 1 fully saturated rings. The van der Waals surface area contributed by atoms with Crippen LogP contribution in [0.3, 0.4) is 0 Å². The maximum atomic E-state index is 11.5. The Labute approximate surface area is 119 Å². The summed E-state index contributed by atoms with van der Waals surface area (Å²) < 4.78 is 35.8. The van der Waals surface area contributed by atoms with E-state index in [2.05, 4.69) is 5.32 Å². The molecule has 1 aliphatic heterocycles. The van der Waals surface area contributed by atoms with Crippen molar-refractivity contribution in [3.63, 3.8) is 0 Å². The van der Waals surface area contributed by atoms with Crippen molar-refractivity contribution in [2.24, 2.45) is 5.92 Å².